The Labute approximate surface area is 143 Å². The van der Waals surface area contributed by atoms with Gasteiger partial charge in [0.2, 0.25) is 0 Å². The number of esters is 1. The summed E-state index contributed by atoms with van der Waals surface area (Å²) in [5, 5.41) is 3.21. The smallest absolute Gasteiger partial charge is 0.338 e. The fourth-order valence-electron chi connectivity index (χ4n) is 1.82. The maximum Gasteiger partial charge on any atom is 0.338 e. The first-order valence-electron chi connectivity index (χ1n) is 6.55. The number of halogens is 2. The van der Waals surface area contributed by atoms with Crippen LogP contribution in [-0.2, 0) is 9.53 Å². The van der Waals surface area contributed by atoms with Crippen LogP contribution in [0.3, 0.4) is 0 Å². The van der Waals surface area contributed by atoms with E-state index < -0.39 is 18.5 Å². The van der Waals surface area contributed by atoms with Crippen molar-refractivity contribution in [1.82, 2.24) is 0 Å². The van der Waals surface area contributed by atoms with Gasteiger partial charge in [0.05, 0.1) is 18.4 Å². The zero-order valence-electron chi connectivity index (χ0n) is 12.1. The molecule has 0 spiro atoms. The predicted molar refractivity (Wildman–Crippen MR) is 88.4 cm³/mol. The van der Waals surface area contributed by atoms with Gasteiger partial charge in [-0.3, -0.25) is 4.79 Å². The van der Waals surface area contributed by atoms with Gasteiger partial charge in [-0.2, -0.15) is 0 Å². The first kappa shape index (κ1) is 17.1. The Kier molecular flexibility index (Phi) is 5.84. The van der Waals surface area contributed by atoms with Crippen molar-refractivity contribution in [2.45, 2.75) is 0 Å². The number of rotatable bonds is 5. The highest BCUT2D eigenvalue weighted by Crippen LogP contribution is 2.23. The molecule has 0 bridgehead atoms. The summed E-state index contributed by atoms with van der Waals surface area (Å²) in [5.74, 6) is -0.672. The lowest BCUT2D eigenvalue weighted by atomic mass is 10.2. The number of hydrogen-bond donors (Lipinski definition) is 1. The topological polar surface area (TPSA) is 64.6 Å². The minimum atomic E-state index is -0.690. The summed E-state index contributed by atoms with van der Waals surface area (Å²) in [5.41, 5.74) is 0.662. The standard InChI is InChI=1S/C16H13Cl2NO4/c1-22-14-5-3-2-4-13(14)19-15(20)9-23-16(21)10-6-11(17)8-12(18)7-10/h2-8H,9H2,1H3,(H,19,20). The Hall–Kier alpha value is -2.24. The largest absolute Gasteiger partial charge is 0.495 e. The molecule has 5 nitrogen and oxygen atoms in total. The van der Waals surface area contributed by atoms with E-state index in [0.29, 0.717) is 21.5 Å². The number of nitrogens with one attached hydrogen (secondary N) is 1. The van der Waals surface area contributed by atoms with Crippen LogP contribution in [0.2, 0.25) is 10.0 Å². The first-order valence-corrected chi connectivity index (χ1v) is 7.31. The molecule has 0 saturated carbocycles. The number of anilines is 1. The lowest BCUT2D eigenvalue weighted by molar-refractivity contribution is -0.119. The zero-order chi connectivity index (χ0) is 16.8. The number of ether oxygens (including phenoxy) is 2. The summed E-state index contributed by atoms with van der Waals surface area (Å²) in [6.45, 7) is -0.443. The Morgan fingerprint density at radius 3 is 2.39 bits per heavy atom. The fraction of sp³-hybridized carbons (Fsp3) is 0.125. The van der Waals surface area contributed by atoms with E-state index in [1.54, 1.807) is 24.3 Å². The van der Waals surface area contributed by atoms with Crippen molar-refractivity contribution in [3.8, 4) is 5.75 Å². The van der Waals surface area contributed by atoms with Gasteiger partial charge in [0.25, 0.3) is 5.91 Å². The second-order valence-corrected chi connectivity index (χ2v) is 5.36. The molecule has 0 atom stereocenters. The van der Waals surface area contributed by atoms with Crippen LogP contribution in [0.15, 0.2) is 42.5 Å². The zero-order valence-corrected chi connectivity index (χ0v) is 13.6. The summed E-state index contributed by atoms with van der Waals surface area (Å²) in [7, 11) is 1.49. The average Bonchev–Trinajstić information content (AvgIpc) is 2.52. The molecule has 0 unspecified atom stereocenters. The van der Waals surface area contributed by atoms with Gasteiger partial charge >= 0.3 is 5.97 Å². The maximum atomic E-state index is 11.9. The van der Waals surface area contributed by atoms with Crippen LogP contribution in [-0.4, -0.2) is 25.6 Å². The van der Waals surface area contributed by atoms with Gasteiger partial charge in [-0.1, -0.05) is 35.3 Å². The molecule has 0 aliphatic carbocycles. The third-order valence-electron chi connectivity index (χ3n) is 2.81. The number of carbonyl (C=O) groups excluding carboxylic acids is 2. The number of hydrogen-bond acceptors (Lipinski definition) is 4. The lowest BCUT2D eigenvalue weighted by Gasteiger charge is -2.10. The summed E-state index contributed by atoms with van der Waals surface area (Å²) in [6.07, 6.45) is 0. The number of benzene rings is 2. The van der Waals surface area contributed by atoms with Crippen LogP contribution in [0.4, 0.5) is 5.69 Å². The predicted octanol–water partition coefficient (Wildman–Crippen LogP) is 3.80. The SMILES string of the molecule is COc1ccccc1NC(=O)COC(=O)c1cc(Cl)cc(Cl)c1. The van der Waals surface area contributed by atoms with Crippen LogP contribution in [0.5, 0.6) is 5.75 Å². The van der Waals surface area contributed by atoms with Crippen LogP contribution >= 0.6 is 23.2 Å². The van der Waals surface area contributed by atoms with Crippen LogP contribution < -0.4 is 10.1 Å². The Morgan fingerprint density at radius 1 is 1.09 bits per heavy atom. The molecule has 1 N–H and O–H groups in total. The molecular weight excluding hydrogens is 341 g/mol. The van der Waals surface area contributed by atoms with E-state index in [0.717, 1.165) is 0 Å². The van der Waals surface area contributed by atoms with Crippen LogP contribution in [0.1, 0.15) is 10.4 Å². The number of carbonyl (C=O) groups is 2. The number of methoxy groups -OCH3 is 1. The molecule has 0 aliphatic rings. The minimum absolute atomic E-state index is 0.174. The molecule has 0 saturated heterocycles. The molecule has 0 heterocycles. The monoisotopic (exact) mass is 353 g/mol. The molecule has 23 heavy (non-hydrogen) atoms. The molecule has 1 amide bonds. The molecule has 2 aromatic rings. The van der Waals surface area contributed by atoms with E-state index in [9.17, 15) is 9.59 Å². The Morgan fingerprint density at radius 2 is 1.74 bits per heavy atom. The highest BCUT2D eigenvalue weighted by molar-refractivity contribution is 6.35. The maximum absolute atomic E-state index is 11.9. The van der Waals surface area contributed by atoms with Crippen molar-refractivity contribution in [2.75, 3.05) is 19.0 Å². The highest BCUT2D eigenvalue weighted by atomic mass is 35.5. The van der Waals surface area contributed by atoms with Crippen molar-refractivity contribution < 1.29 is 19.1 Å². The van der Waals surface area contributed by atoms with Gasteiger partial charge in [-0.05, 0) is 30.3 Å². The first-order chi connectivity index (χ1) is 11.0. The van der Waals surface area contributed by atoms with Gasteiger partial charge in [0.15, 0.2) is 6.61 Å². The second kappa shape index (κ2) is 7.85. The van der Waals surface area contributed by atoms with Gasteiger partial charge in [0, 0.05) is 10.0 Å². The van der Waals surface area contributed by atoms with E-state index in [-0.39, 0.29) is 5.56 Å². The van der Waals surface area contributed by atoms with Crippen molar-refractivity contribution >= 4 is 40.8 Å². The summed E-state index contributed by atoms with van der Waals surface area (Å²) in [4.78, 5) is 23.7. The van der Waals surface area contributed by atoms with E-state index in [1.807, 2.05) is 0 Å². The average molecular weight is 354 g/mol. The van der Waals surface area contributed by atoms with Gasteiger partial charge < -0.3 is 14.8 Å². The third-order valence-corrected chi connectivity index (χ3v) is 3.25. The van der Waals surface area contributed by atoms with E-state index in [1.165, 1.54) is 25.3 Å². The van der Waals surface area contributed by atoms with Gasteiger partial charge in [-0.15, -0.1) is 0 Å². The van der Waals surface area contributed by atoms with E-state index in [4.69, 9.17) is 32.7 Å². The Balaban J connectivity index is 1.95. The molecule has 2 rings (SSSR count). The second-order valence-electron chi connectivity index (χ2n) is 4.48. The van der Waals surface area contributed by atoms with Crippen molar-refractivity contribution in [2.24, 2.45) is 0 Å². The number of para-hydroxylation sites is 2. The Bertz CT molecular complexity index is 714. The van der Waals surface area contributed by atoms with Gasteiger partial charge in [-0.25, -0.2) is 4.79 Å². The van der Waals surface area contributed by atoms with Crippen molar-refractivity contribution in [3.63, 3.8) is 0 Å². The molecule has 120 valence electrons. The number of amides is 1. The molecule has 0 radical (unpaired) electrons. The molecule has 0 fully saturated rings. The molecule has 2 aromatic carbocycles. The van der Waals surface area contributed by atoms with Crippen LogP contribution in [0.25, 0.3) is 0 Å². The summed E-state index contributed by atoms with van der Waals surface area (Å²) in [6, 6.07) is 11.2. The van der Waals surface area contributed by atoms with E-state index in [2.05, 4.69) is 5.32 Å². The molecular formula is C16H13Cl2NO4. The summed E-state index contributed by atoms with van der Waals surface area (Å²) >= 11 is 11.6. The normalized spacial score (nSPS) is 10.0. The third kappa shape index (κ3) is 4.87. The fourth-order valence-corrected chi connectivity index (χ4v) is 2.35. The lowest BCUT2D eigenvalue weighted by Crippen LogP contribution is -2.21. The van der Waals surface area contributed by atoms with Gasteiger partial charge in [0.1, 0.15) is 5.75 Å². The minimum Gasteiger partial charge on any atom is -0.495 e. The summed E-state index contributed by atoms with van der Waals surface area (Å²) < 4.78 is 10.1. The molecule has 0 aromatic heterocycles. The van der Waals surface area contributed by atoms with Crippen molar-refractivity contribution in [3.05, 3.63) is 58.1 Å². The van der Waals surface area contributed by atoms with Crippen molar-refractivity contribution in [1.29, 1.82) is 0 Å². The molecule has 0 aliphatic heterocycles. The van der Waals surface area contributed by atoms with E-state index >= 15 is 0 Å². The molecule has 7 heteroatoms. The quantitative estimate of drug-likeness (QED) is 0.830. The highest BCUT2D eigenvalue weighted by Gasteiger charge is 2.13. The van der Waals surface area contributed by atoms with Crippen LogP contribution in [0, 0.1) is 0 Å².